The third-order valence-corrected chi connectivity index (χ3v) is 7.27. The molecule has 11 heavy (non-hydrogen) atoms. The molecule has 0 aromatic rings. The average Bonchev–Trinajstić information content (AvgIpc) is 2.05. The van der Waals surface area contributed by atoms with Crippen LogP contribution in [0.25, 0.3) is 0 Å². The summed E-state index contributed by atoms with van der Waals surface area (Å²) in [6, 6.07) is 0. The van der Waals surface area contributed by atoms with Crippen molar-refractivity contribution in [1.29, 1.82) is 0 Å². The fourth-order valence-electron chi connectivity index (χ4n) is 5.74. The molecule has 0 aliphatic heterocycles. The first kappa shape index (κ1) is 4.81. The topological polar surface area (TPSA) is 34.1 Å². The predicted octanol–water partition coefficient (Wildman–Crippen LogP) is 1.28. The van der Waals surface area contributed by atoms with Gasteiger partial charge >= 0.3 is 7.68 Å². The Labute approximate surface area is 64.2 Å². The van der Waals surface area contributed by atoms with E-state index in [0.717, 1.165) is 23.7 Å². The summed E-state index contributed by atoms with van der Waals surface area (Å²) in [5.74, 6) is 5.77. The summed E-state index contributed by atoms with van der Waals surface area (Å²) in [7, 11) is -2.08. The normalized spacial score (nSPS) is 88.2. The highest BCUT2D eigenvalue weighted by molar-refractivity contribution is 7.33. The molecular weight excluding hydrogens is 159 g/mol. The van der Waals surface area contributed by atoms with Crippen LogP contribution in [0.2, 0.25) is 0 Å². The number of hydrogen-bond donors (Lipinski definition) is 0. The van der Waals surface area contributed by atoms with Gasteiger partial charge in [-0.2, -0.15) is 0 Å². The van der Waals surface area contributed by atoms with E-state index in [1.165, 1.54) is 0 Å². The SMILES string of the molecule is O=P(=O)C12C3C4C5C3C1C5C42. The highest BCUT2D eigenvalue weighted by Gasteiger charge is 3.06. The van der Waals surface area contributed by atoms with E-state index in [1.54, 1.807) is 0 Å². The van der Waals surface area contributed by atoms with Crippen molar-refractivity contribution in [3.05, 3.63) is 0 Å². The molecule has 6 aliphatic carbocycles. The number of rotatable bonds is 1. The summed E-state index contributed by atoms with van der Waals surface area (Å²) >= 11 is 0. The van der Waals surface area contributed by atoms with Crippen molar-refractivity contribution in [2.75, 3.05) is 0 Å². The maximum absolute atomic E-state index is 11.0. The molecule has 0 N–H and O–H groups in total. The van der Waals surface area contributed by atoms with Crippen LogP contribution >= 0.6 is 7.68 Å². The zero-order valence-corrected chi connectivity index (χ0v) is 6.70. The van der Waals surface area contributed by atoms with Crippen LogP contribution < -0.4 is 0 Å². The molecule has 2 nitrogen and oxygen atoms in total. The standard InChI is InChI=1S/C8H7O2P/c9-11(10)8-5-2-1-3(5)7(8)4(1)6(2)8/h1-7H. The summed E-state index contributed by atoms with van der Waals surface area (Å²) in [6.45, 7) is 0. The van der Waals surface area contributed by atoms with E-state index in [2.05, 4.69) is 0 Å². The van der Waals surface area contributed by atoms with Gasteiger partial charge in [0.1, 0.15) is 0 Å². The summed E-state index contributed by atoms with van der Waals surface area (Å²) in [6.07, 6.45) is 0. The van der Waals surface area contributed by atoms with Crippen LogP contribution in [0.15, 0.2) is 0 Å². The summed E-state index contributed by atoms with van der Waals surface area (Å²) in [4.78, 5) is 0. The van der Waals surface area contributed by atoms with Gasteiger partial charge in [-0.15, -0.1) is 0 Å². The quantitative estimate of drug-likeness (QED) is 0.550. The molecule has 6 aliphatic rings. The molecule has 0 aromatic heterocycles. The minimum absolute atomic E-state index is 0.0793. The van der Waals surface area contributed by atoms with Gasteiger partial charge in [0.2, 0.25) is 0 Å². The van der Waals surface area contributed by atoms with Crippen LogP contribution in [-0.2, 0) is 9.13 Å². The molecule has 0 heterocycles. The molecule has 6 rings (SSSR count). The van der Waals surface area contributed by atoms with Crippen LogP contribution in [0.5, 0.6) is 0 Å². The van der Waals surface area contributed by atoms with Crippen molar-refractivity contribution in [1.82, 2.24) is 0 Å². The Bertz CT molecular complexity index is 325. The molecule has 0 amide bonds. The molecule has 3 heteroatoms. The summed E-state index contributed by atoms with van der Waals surface area (Å²) in [5, 5.41) is -0.0793. The van der Waals surface area contributed by atoms with Crippen LogP contribution in [0, 0.1) is 41.4 Å². The molecule has 0 atom stereocenters. The summed E-state index contributed by atoms with van der Waals surface area (Å²) in [5.41, 5.74) is 0. The zero-order chi connectivity index (χ0) is 7.12. The van der Waals surface area contributed by atoms with Crippen LogP contribution in [-0.4, -0.2) is 5.16 Å². The van der Waals surface area contributed by atoms with Gasteiger partial charge in [0.05, 0.1) is 5.16 Å². The van der Waals surface area contributed by atoms with Gasteiger partial charge in [0, 0.05) is 0 Å². The van der Waals surface area contributed by atoms with E-state index < -0.39 is 7.68 Å². The van der Waals surface area contributed by atoms with E-state index >= 15 is 0 Å². The van der Waals surface area contributed by atoms with Crippen molar-refractivity contribution in [3.8, 4) is 0 Å². The van der Waals surface area contributed by atoms with Crippen LogP contribution in [0.3, 0.4) is 0 Å². The van der Waals surface area contributed by atoms with Gasteiger partial charge in [-0.1, -0.05) is 0 Å². The molecule has 0 aromatic carbocycles. The maximum atomic E-state index is 11.0. The lowest BCUT2D eigenvalue weighted by Crippen LogP contribution is -3.07. The Morgan fingerprint density at radius 2 is 1.27 bits per heavy atom. The molecule has 0 unspecified atom stereocenters. The molecule has 0 saturated heterocycles. The highest BCUT2D eigenvalue weighted by Crippen LogP contribution is 3.05. The largest absolute Gasteiger partial charge is 0.322 e. The third kappa shape index (κ3) is 0.172. The van der Waals surface area contributed by atoms with Crippen LogP contribution in [0.4, 0.5) is 0 Å². The lowest BCUT2D eigenvalue weighted by molar-refractivity contribution is -0.547. The second-order valence-corrected chi connectivity index (χ2v) is 6.32. The van der Waals surface area contributed by atoms with Gasteiger partial charge in [-0.05, 0) is 41.4 Å². The Balaban J connectivity index is 1.84. The molecule has 6 saturated carbocycles. The summed E-state index contributed by atoms with van der Waals surface area (Å²) < 4.78 is 22.0. The van der Waals surface area contributed by atoms with E-state index in [-0.39, 0.29) is 5.16 Å². The first-order valence-corrected chi connectivity index (χ1v) is 5.63. The Kier molecular flexibility index (Phi) is 0.384. The van der Waals surface area contributed by atoms with Crippen molar-refractivity contribution in [3.63, 3.8) is 0 Å². The Morgan fingerprint density at radius 1 is 0.818 bits per heavy atom. The Hall–Kier alpha value is -0.100. The zero-order valence-electron chi connectivity index (χ0n) is 5.81. The van der Waals surface area contributed by atoms with Crippen LogP contribution in [0.1, 0.15) is 0 Å². The van der Waals surface area contributed by atoms with Gasteiger partial charge in [0.15, 0.2) is 0 Å². The lowest BCUT2D eigenvalue weighted by atomic mass is 9.01. The fraction of sp³-hybridized carbons (Fsp3) is 1.00. The molecule has 0 spiro atoms. The van der Waals surface area contributed by atoms with Crippen molar-refractivity contribution in [2.24, 2.45) is 41.4 Å². The van der Waals surface area contributed by atoms with E-state index in [9.17, 15) is 9.13 Å². The molecule has 0 bridgehead atoms. The first-order valence-electron chi connectivity index (χ1n) is 4.45. The van der Waals surface area contributed by atoms with Crippen molar-refractivity contribution < 1.29 is 9.13 Å². The first-order chi connectivity index (χ1) is 5.31. The average molecular weight is 166 g/mol. The van der Waals surface area contributed by atoms with Crippen molar-refractivity contribution in [2.45, 2.75) is 5.16 Å². The minimum Gasteiger partial charge on any atom is -0.237 e. The van der Waals surface area contributed by atoms with E-state index in [1.807, 2.05) is 0 Å². The predicted molar refractivity (Wildman–Crippen MR) is 35.5 cm³/mol. The maximum Gasteiger partial charge on any atom is 0.322 e. The van der Waals surface area contributed by atoms with Gasteiger partial charge in [0.25, 0.3) is 0 Å². The monoisotopic (exact) mass is 166 g/mol. The van der Waals surface area contributed by atoms with Gasteiger partial charge in [-0.3, -0.25) is 0 Å². The minimum atomic E-state index is -2.08. The second kappa shape index (κ2) is 0.877. The van der Waals surface area contributed by atoms with Gasteiger partial charge in [-0.25, -0.2) is 9.13 Å². The van der Waals surface area contributed by atoms with Gasteiger partial charge < -0.3 is 0 Å². The smallest absolute Gasteiger partial charge is 0.237 e. The highest BCUT2D eigenvalue weighted by atomic mass is 31.1. The second-order valence-electron chi connectivity index (χ2n) is 5.03. The van der Waals surface area contributed by atoms with Crippen molar-refractivity contribution >= 4 is 7.68 Å². The van der Waals surface area contributed by atoms with E-state index in [4.69, 9.17) is 0 Å². The fourth-order valence-corrected chi connectivity index (χ4v) is 7.50. The molecule has 6 fully saturated rings. The number of hydrogen-bond acceptors (Lipinski definition) is 2. The lowest BCUT2D eigenvalue weighted by Gasteiger charge is -3.05. The molecular formula is C8H7O2P. The third-order valence-electron chi connectivity index (χ3n) is 5.74. The molecule has 56 valence electrons. The molecule has 0 radical (unpaired) electrons. The Morgan fingerprint density at radius 3 is 1.55 bits per heavy atom. The van der Waals surface area contributed by atoms with E-state index in [0.29, 0.717) is 17.8 Å².